The largest absolute Gasteiger partial charge is 0.334 e. The Hall–Kier alpha value is -1.30. The van der Waals surface area contributed by atoms with E-state index in [0.29, 0.717) is 21.3 Å². The normalized spacial score (nSPS) is 10.3. The van der Waals surface area contributed by atoms with Crippen LogP contribution in [-0.2, 0) is 6.54 Å². The molecule has 2 rings (SSSR count). The van der Waals surface area contributed by atoms with Crippen molar-refractivity contribution in [3.63, 3.8) is 0 Å². The number of hydrogen-bond acceptors (Lipinski definition) is 1. The van der Waals surface area contributed by atoms with Crippen molar-refractivity contribution in [3.05, 3.63) is 62.3 Å². The fourth-order valence-electron chi connectivity index (χ4n) is 1.60. The third kappa shape index (κ3) is 4.59. The average molecular weight is 392 g/mol. The monoisotopic (exact) mass is 390 g/mol. The molecule has 7 heteroatoms. The highest BCUT2D eigenvalue weighted by Gasteiger charge is 2.07. The summed E-state index contributed by atoms with van der Waals surface area (Å²) in [4.78, 5) is 11.7. The van der Waals surface area contributed by atoms with E-state index in [0.717, 1.165) is 4.47 Å². The van der Waals surface area contributed by atoms with Crippen molar-refractivity contribution in [2.45, 2.75) is 6.54 Å². The maximum Gasteiger partial charge on any atom is 0.319 e. The van der Waals surface area contributed by atoms with Gasteiger partial charge in [-0.1, -0.05) is 39.1 Å². The number of halogens is 4. The van der Waals surface area contributed by atoms with Gasteiger partial charge in [-0.15, -0.1) is 0 Å². The minimum atomic E-state index is -0.465. The lowest BCUT2D eigenvalue weighted by atomic mass is 10.2. The molecule has 0 heterocycles. The molecule has 2 aromatic rings. The van der Waals surface area contributed by atoms with Crippen molar-refractivity contribution in [2.75, 3.05) is 5.32 Å². The molecular formula is C14H10BrCl2FN2O. The molecule has 0 fully saturated rings. The molecule has 0 aliphatic carbocycles. The summed E-state index contributed by atoms with van der Waals surface area (Å²) in [6.07, 6.45) is 0. The van der Waals surface area contributed by atoms with E-state index in [2.05, 4.69) is 26.6 Å². The number of benzene rings is 2. The van der Waals surface area contributed by atoms with Gasteiger partial charge in [0.15, 0.2) is 0 Å². The maximum absolute atomic E-state index is 13.5. The first-order chi connectivity index (χ1) is 9.95. The quantitative estimate of drug-likeness (QED) is 0.740. The van der Waals surface area contributed by atoms with Gasteiger partial charge in [0, 0.05) is 22.3 Å². The van der Waals surface area contributed by atoms with Crippen LogP contribution in [0.5, 0.6) is 0 Å². The Bertz CT molecular complexity index is 682. The van der Waals surface area contributed by atoms with E-state index in [-0.39, 0.29) is 12.4 Å². The van der Waals surface area contributed by atoms with Gasteiger partial charge in [-0.3, -0.25) is 0 Å². The lowest BCUT2D eigenvalue weighted by Gasteiger charge is -2.09. The summed E-state index contributed by atoms with van der Waals surface area (Å²) < 4.78 is 14.3. The zero-order valence-corrected chi connectivity index (χ0v) is 13.7. The molecule has 110 valence electrons. The first-order valence-electron chi connectivity index (χ1n) is 5.89. The number of carbonyl (C=O) groups excluding carboxylic acids is 1. The summed E-state index contributed by atoms with van der Waals surface area (Å²) in [6.45, 7) is 0.0679. The maximum atomic E-state index is 13.5. The molecule has 0 aliphatic heterocycles. The molecule has 0 saturated heterocycles. The molecule has 2 aromatic carbocycles. The summed E-state index contributed by atoms with van der Waals surface area (Å²) in [5.74, 6) is -0.381. The van der Waals surface area contributed by atoms with Crippen molar-refractivity contribution in [2.24, 2.45) is 0 Å². The van der Waals surface area contributed by atoms with Crippen molar-refractivity contribution in [3.8, 4) is 0 Å². The molecule has 0 spiro atoms. The molecule has 0 radical (unpaired) electrons. The van der Waals surface area contributed by atoms with Crippen LogP contribution in [0.3, 0.4) is 0 Å². The minimum absolute atomic E-state index is 0.0679. The molecule has 0 bridgehead atoms. The Morgan fingerprint density at radius 1 is 1.14 bits per heavy atom. The Balaban J connectivity index is 1.95. The highest BCUT2D eigenvalue weighted by Crippen LogP contribution is 2.24. The second-order valence-electron chi connectivity index (χ2n) is 4.17. The van der Waals surface area contributed by atoms with Gasteiger partial charge in [-0.25, -0.2) is 9.18 Å². The predicted octanol–water partition coefficient (Wildman–Crippen LogP) is 5.22. The number of anilines is 1. The Morgan fingerprint density at radius 3 is 2.62 bits per heavy atom. The van der Waals surface area contributed by atoms with Crippen LogP contribution in [0, 0.1) is 5.82 Å². The number of nitrogens with one attached hydrogen (secondary N) is 2. The second-order valence-corrected chi connectivity index (χ2v) is 5.90. The summed E-state index contributed by atoms with van der Waals surface area (Å²) in [7, 11) is 0. The first-order valence-corrected chi connectivity index (χ1v) is 7.44. The smallest absolute Gasteiger partial charge is 0.319 e. The molecule has 0 saturated carbocycles. The van der Waals surface area contributed by atoms with Crippen LogP contribution in [-0.4, -0.2) is 6.03 Å². The highest BCUT2D eigenvalue weighted by atomic mass is 79.9. The standard InChI is InChI=1S/C14H10BrCl2FN2O/c15-9-1-4-13(18)8(5-9)7-19-14(21)20-10-2-3-11(16)12(17)6-10/h1-6H,7H2,(H2,19,20,21). The zero-order valence-electron chi connectivity index (χ0n) is 10.6. The Labute approximate surface area is 139 Å². The van der Waals surface area contributed by atoms with Crippen LogP contribution in [0.25, 0.3) is 0 Å². The third-order valence-corrected chi connectivity index (χ3v) is 3.86. The molecule has 2 N–H and O–H groups in total. The average Bonchev–Trinajstić information content (AvgIpc) is 2.44. The summed E-state index contributed by atoms with van der Waals surface area (Å²) in [5.41, 5.74) is 0.880. The van der Waals surface area contributed by atoms with Crippen molar-refractivity contribution in [1.29, 1.82) is 0 Å². The summed E-state index contributed by atoms with van der Waals surface area (Å²) >= 11 is 14.9. The number of carbonyl (C=O) groups is 1. The Morgan fingerprint density at radius 2 is 1.90 bits per heavy atom. The van der Waals surface area contributed by atoms with Gasteiger partial charge in [0.2, 0.25) is 0 Å². The fourth-order valence-corrected chi connectivity index (χ4v) is 2.31. The zero-order chi connectivity index (χ0) is 15.4. The molecule has 2 amide bonds. The van der Waals surface area contributed by atoms with E-state index in [1.54, 1.807) is 24.3 Å². The van der Waals surface area contributed by atoms with Gasteiger partial charge >= 0.3 is 6.03 Å². The molecule has 21 heavy (non-hydrogen) atoms. The number of hydrogen-bond donors (Lipinski definition) is 2. The number of amides is 2. The Kier molecular flexibility index (Phi) is 5.45. The lowest BCUT2D eigenvalue weighted by molar-refractivity contribution is 0.251. The van der Waals surface area contributed by atoms with Gasteiger partial charge in [0.25, 0.3) is 0 Å². The second kappa shape index (κ2) is 7.11. The summed E-state index contributed by atoms with van der Waals surface area (Å²) in [6, 6.07) is 8.79. The SMILES string of the molecule is O=C(NCc1cc(Br)ccc1F)Nc1ccc(Cl)c(Cl)c1. The number of rotatable bonds is 3. The topological polar surface area (TPSA) is 41.1 Å². The van der Waals surface area contributed by atoms with Gasteiger partial charge < -0.3 is 10.6 Å². The molecular weight excluding hydrogens is 382 g/mol. The lowest BCUT2D eigenvalue weighted by Crippen LogP contribution is -2.28. The van der Waals surface area contributed by atoms with Gasteiger partial charge in [0.05, 0.1) is 10.0 Å². The third-order valence-electron chi connectivity index (χ3n) is 2.62. The van der Waals surface area contributed by atoms with Crippen LogP contribution in [0.1, 0.15) is 5.56 Å². The van der Waals surface area contributed by atoms with Gasteiger partial charge in [0.1, 0.15) is 5.82 Å². The van der Waals surface area contributed by atoms with Crippen LogP contribution in [0.2, 0.25) is 10.0 Å². The predicted molar refractivity (Wildman–Crippen MR) is 86.4 cm³/mol. The highest BCUT2D eigenvalue weighted by molar-refractivity contribution is 9.10. The van der Waals surface area contributed by atoms with E-state index < -0.39 is 6.03 Å². The van der Waals surface area contributed by atoms with Crippen LogP contribution in [0.4, 0.5) is 14.9 Å². The summed E-state index contributed by atoms with van der Waals surface area (Å²) in [5, 5.41) is 5.89. The van der Waals surface area contributed by atoms with Crippen molar-refractivity contribution in [1.82, 2.24) is 5.32 Å². The van der Waals surface area contributed by atoms with E-state index >= 15 is 0 Å². The number of urea groups is 1. The molecule has 0 unspecified atom stereocenters. The van der Waals surface area contributed by atoms with Crippen LogP contribution < -0.4 is 10.6 Å². The van der Waals surface area contributed by atoms with Gasteiger partial charge in [-0.2, -0.15) is 0 Å². The molecule has 0 atom stereocenters. The molecule has 3 nitrogen and oxygen atoms in total. The van der Waals surface area contributed by atoms with Crippen molar-refractivity contribution < 1.29 is 9.18 Å². The van der Waals surface area contributed by atoms with E-state index in [1.165, 1.54) is 12.1 Å². The fraction of sp³-hybridized carbons (Fsp3) is 0.0714. The molecule has 0 aromatic heterocycles. The minimum Gasteiger partial charge on any atom is -0.334 e. The molecule has 0 aliphatic rings. The van der Waals surface area contributed by atoms with Crippen LogP contribution >= 0.6 is 39.1 Å². The first kappa shape index (κ1) is 16.1. The van der Waals surface area contributed by atoms with Crippen molar-refractivity contribution >= 4 is 50.9 Å². The van der Waals surface area contributed by atoms with Gasteiger partial charge in [-0.05, 0) is 36.4 Å². The van der Waals surface area contributed by atoms with Crippen LogP contribution in [0.15, 0.2) is 40.9 Å². The van der Waals surface area contributed by atoms with E-state index in [4.69, 9.17) is 23.2 Å². The van der Waals surface area contributed by atoms with E-state index in [1.807, 2.05) is 0 Å². The van der Waals surface area contributed by atoms with E-state index in [9.17, 15) is 9.18 Å².